The Kier molecular flexibility index (Phi) is 10.8. The first-order valence-corrected chi connectivity index (χ1v) is 14.5. The smallest absolute Gasteiger partial charge is 0.233 e. The SMILES string of the molecule is CC(C)C(=O)Nc1cc(C2CCN(CCCN(C(=O)Cc3ccccc3)C(=O)Cc3ccccc3)CC2)ccc1F. The van der Waals surface area contributed by atoms with Crippen molar-refractivity contribution in [1.29, 1.82) is 0 Å². The Morgan fingerprint density at radius 3 is 1.98 bits per heavy atom. The number of nitrogens with one attached hydrogen (secondary N) is 1. The van der Waals surface area contributed by atoms with E-state index in [-0.39, 0.29) is 48.1 Å². The molecule has 1 fully saturated rings. The van der Waals surface area contributed by atoms with E-state index in [1.165, 1.54) is 11.0 Å². The zero-order valence-corrected chi connectivity index (χ0v) is 24.0. The molecule has 4 rings (SSSR count). The van der Waals surface area contributed by atoms with Gasteiger partial charge in [-0.05, 0) is 73.6 Å². The normalized spacial score (nSPS) is 14.1. The molecule has 0 aromatic heterocycles. The van der Waals surface area contributed by atoms with Gasteiger partial charge in [0, 0.05) is 12.5 Å². The van der Waals surface area contributed by atoms with Gasteiger partial charge in [0.05, 0.1) is 18.5 Å². The van der Waals surface area contributed by atoms with E-state index in [1.807, 2.05) is 66.7 Å². The molecule has 0 aliphatic carbocycles. The maximum atomic E-state index is 14.3. The lowest BCUT2D eigenvalue weighted by Gasteiger charge is -2.33. The lowest BCUT2D eigenvalue weighted by atomic mass is 9.89. The molecular weight excluding hydrogens is 517 g/mol. The molecule has 3 aromatic rings. The van der Waals surface area contributed by atoms with Crippen molar-refractivity contribution in [2.24, 2.45) is 5.92 Å². The first-order chi connectivity index (χ1) is 19.8. The van der Waals surface area contributed by atoms with Crippen LogP contribution >= 0.6 is 0 Å². The Morgan fingerprint density at radius 2 is 1.44 bits per heavy atom. The number of halogens is 1. The average Bonchev–Trinajstić information content (AvgIpc) is 2.97. The summed E-state index contributed by atoms with van der Waals surface area (Å²) in [5.41, 5.74) is 3.06. The summed E-state index contributed by atoms with van der Waals surface area (Å²) in [6, 6.07) is 24.1. The van der Waals surface area contributed by atoms with Gasteiger partial charge in [0.15, 0.2) is 0 Å². The molecule has 0 saturated carbocycles. The molecule has 6 nitrogen and oxygen atoms in total. The van der Waals surface area contributed by atoms with Crippen LogP contribution in [0.1, 0.15) is 55.7 Å². The summed E-state index contributed by atoms with van der Waals surface area (Å²) in [7, 11) is 0. The van der Waals surface area contributed by atoms with Gasteiger partial charge in [-0.1, -0.05) is 80.6 Å². The van der Waals surface area contributed by atoms with Crippen molar-refractivity contribution in [1.82, 2.24) is 9.80 Å². The zero-order chi connectivity index (χ0) is 29.2. The van der Waals surface area contributed by atoms with E-state index in [0.717, 1.165) is 49.2 Å². The number of likely N-dealkylation sites (tertiary alicyclic amines) is 1. The first-order valence-electron chi connectivity index (χ1n) is 14.5. The van der Waals surface area contributed by atoms with E-state index in [1.54, 1.807) is 19.9 Å². The second kappa shape index (κ2) is 14.7. The van der Waals surface area contributed by atoms with Gasteiger partial charge >= 0.3 is 0 Å². The topological polar surface area (TPSA) is 69.7 Å². The van der Waals surface area contributed by atoms with Gasteiger partial charge in [0.2, 0.25) is 17.7 Å². The van der Waals surface area contributed by atoms with Crippen LogP contribution in [0.25, 0.3) is 0 Å². The van der Waals surface area contributed by atoms with Crippen LogP contribution in [0, 0.1) is 11.7 Å². The molecule has 0 radical (unpaired) electrons. The third kappa shape index (κ3) is 8.82. The fourth-order valence-electron chi connectivity index (χ4n) is 5.23. The molecule has 1 aliphatic rings. The summed E-state index contributed by atoms with van der Waals surface area (Å²) in [5.74, 6) is -0.903. The van der Waals surface area contributed by atoms with Gasteiger partial charge in [-0.15, -0.1) is 0 Å². The van der Waals surface area contributed by atoms with Gasteiger partial charge in [0.25, 0.3) is 0 Å². The number of amides is 3. The largest absolute Gasteiger partial charge is 0.323 e. The van der Waals surface area contributed by atoms with Crippen LogP contribution in [0.3, 0.4) is 0 Å². The minimum absolute atomic E-state index is 0.174. The lowest BCUT2D eigenvalue weighted by molar-refractivity contribution is -0.144. The molecule has 1 N–H and O–H groups in total. The molecule has 3 amide bonds. The van der Waals surface area contributed by atoms with Crippen molar-refractivity contribution in [3.8, 4) is 0 Å². The van der Waals surface area contributed by atoms with Gasteiger partial charge in [-0.2, -0.15) is 0 Å². The molecule has 0 atom stereocenters. The number of piperidine rings is 1. The van der Waals surface area contributed by atoms with Crippen molar-refractivity contribution in [3.05, 3.63) is 101 Å². The Hall–Kier alpha value is -3.84. The Balaban J connectivity index is 1.31. The van der Waals surface area contributed by atoms with Crippen molar-refractivity contribution < 1.29 is 18.8 Å². The molecule has 0 bridgehead atoms. The number of imide groups is 1. The van der Waals surface area contributed by atoms with E-state index >= 15 is 0 Å². The molecule has 0 unspecified atom stereocenters. The summed E-state index contributed by atoms with van der Waals surface area (Å²) < 4.78 is 14.3. The minimum atomic E-state index is -0.423. The van der Waals surface area contributed by atoms with E-state index in [9.17, 15) is 18.8 Å². The van der Waals surface area contributed by atoms with Crippen molar-refractivity contribution >= 4 is 23.4 Å². The monoisotopic (exact) mass is 557 g/mol. The highest BCUT2D eigenvalue weighted by atomic mass is 19.1. The van der Waals surface area contributed by atoms with Crippen molar-refractivity contribution in [2.45, 2.75) is 51.9 Å². The minimum Gasteiger partial charge on any atom is -0.323 e. The van der Waals surface area contributed by atoms with Crippen LogP contribution in [-0.4, -0.2) is 53.7 Å². The number of anilines is 1. The van der Waals surface area contributed by atoms with Gasteiger partial charge in [-0.3, -0.25) is 19.3 Å². The summed E-state index contributed by atoms with van der Waals surface area (Å²) in [6.07, 6.45) is 2.95. The Morgan fingerprint density at radius 1 is 0.878 bits per heavy atom. The summed E-state index contributed by atoms with van der Waals surface area (Å²) in [5, 5.41) is 2.70. The van der Waals surface area contributed by atoms with Crippen LogP contribution in [-0.2, 0) is 27.2 Å². The number of hydrogen-bond acceptors (Lipinski definition) is 4. The van der Waals surface area contributed by atoms with Gasteiger partial charge in [-0.25, -0.2) is 4.39 Å². The molecular formula is C34H40FN3O3. The predicted octanol–water partition coefficient (Wildman–Crippen LogP) is 5.83. The standard InChI is InChI=1S/C34H40FN3O3/c1-25(2)34(41)36-31-24-29(14-15-30(31)35)28-16-20-37(21-17-28)18-9-19-38(32(39)22-26-10-5-3-6-11-26)33(40)23-27-12-7-4-8-13-27/h3-8,10-15,24-25,28H,9,16-23H2,1-2H3,(H,36,41). The highest BCUT2D eigenvalue weighted by molar-refractivity contribution is 5.97. The molecule has 41 heavy (non-hydrogen) atoms. The number of rotatable bonds is 11. The number of benzene rings is 3. The summed E-state index contributed by atoms with van der Waals surface area (Å²) in [6.45, 7) is 6.50. The Labute approximate surface area is 242 Å². The van der Waals surface area contributed by atoms with Crippen LogP contribution in [0.15, 0.2) is 78.9 Å². The lowest BCUT2D eigenvalue weighted by Crippen LogP contribution is -2.41. The average molecular weight is 558 g/mol. The van der Waals surface area contributed by atoms with E-state index in [2.05, 4.69) is 10.2 Å². The van der Waals surface area contributed by atoms with Crippen LogP contribution in [0.4, 0.5) is 10.1 Å². The number of carbonyl (C=O) groups is 3. The van der Waals surface area contributed by atoms with Crippen LogP contribution in [0.5, 0.6) is 0 Å². The number of hydrogen-bond donors (Lipinski definition) is 1. The summed E-state index contributed by atoms with van der Waals surface area (Å²) >= 11 is 0. The van der Waals surface area contributed by atoms with E-state index in [0.29, 0.717) is 13.0 Å². The van der Waals surface area contributed by atoms with Crippen molar-refractivity contribution in [3.63, 3.8) is 0 Å². The molecule has 1 aliphatic heterocycles. The zero-order valence-electron chi connectivity index (χ0n) is 24.0. The fraction of sp³-hybridized carbons (Fsp3) is 0.382. The highest BCUT2D eigenvalue weighted by Gasteiger charge is 2.24. The van der Waals surface area contributed by atoms with Crippen LogP contribution in [0.2, 0.25) is 0 Å². The number of carbonyl (C=O) groups excluding carboxylic acids is 3. The number of nitrogens with zero attached hydrogens (tertiary/aromatic N) is 2. The van der Waals surface area contributed by atoms with Gasteiger partial charge < -0.3 is 10.2 Å². The third-order valence-electron chi connectivity index (χ3n) is 7.69. The maximum Gasteiger partial charge on any atom is 0.233 e. The second-order valence-electron chi connectivity index (χ2n) is 11.1. The highest BCUT2D eigenvalue weighted by Crippen LogP contribution is 2.31. The molecule has 216 valence electrons. The van der Waals surface area contributed by atoms with Crippen molar-refractivity contribution in [2.75, 3.05) is 31.5 Å². The molecule has 1 saturated heterocycles. The summed E-state index contributed by atoms with van der Waals surface area (Å²) in [4.78, 5) is 42.3. The molecule has 3 aromatic carbocycles. The van der Waals surface area contributed by atoms with E-state index < -0.39 is 5.82 Å². The maximum absolute atomic E-state index is 14.3. The van der Waals surface area contributed by atoms with Crippen LogP contribution < -0.4 is 5.32 Å². The second-order valence-corrected chi connectivity index (χ2v) is 11.1. The molecule has 7 heteroatoms. The van der Waals surface area contributed by atoms with Gasteiger partial charge in [0.1, 0.15) is 5.82 Å². The Bertz CT molecular complexity index is 1250. The quantitative estimate of drug-likeness (QED) is 0.322. The van der Waals surface area contributed by atoms with E-state index in [4.69, 9.17) is 0 Å². The fourth-order valence-corrected chi connectivity index (χ4v) is 5.23. The predicted molar refractivity (Wildman–Crippen MR) is 160 cm³/mol. The molecule has 0 spiro atoms. The molecule has 1 heterocycles. The third-order valence-corrected chi connectivity index (χ3v) is 7.69. The first kappa shape index (κ1) is 30.1.